The topological polar surface area (TPSA) is 77.3 Å². The number of ether oxygens (including phenoxy) is 1. The maximum atomic E-state index is 10.7. The number of methoxy groups -OCH3 is 1. The molecule has 0 aliphatic heterocycles. The molecule has 0 aliphatic carbocycles. The average Bonchev–Trinajstić information content (AvgIpc) is 2.53. The minimum Gasteiger partial charge on any atom is -0.383 e. The number of nitrogens with one attached hydrogen (secondary N) is 1. The van der Waals surface area contributed by atoms with Gasteiger partial charge in [-0.05, 0) is 30.7 Å². The summed E-state index contributed by atoms with van der Waals surface area (Å²) in [6.07, 6.45) is 0. The van der Waals surface area contributed by atoms with Crippen LogP contribution in [0.3, 0.4) is 0 Å². The number of rotatable bonds is 7. The Morgan fingerprint density at radius 1 is 1.23 bits per heavy atom. The molecule has 0 atom stereocenters. The van der Waals surface area contributed by atoms with E-state index in [0.29, 0.717) is 6.61 Å². The highest BCUT2D eigenvalue weighted by Crippen LogP contribution is 2.22. The molecule has 1 heterocycles. The Kier molecular flexibility index (Phi) is 5.57. The number of benzene rings is 1. The fourth-order valence-electron chi connectivity index (χ4n) is 2.09. The molecule has 1 N–H and O–H groups in total. The molecular weight excluding hydrogens is 282 g/mol. The summed E-state index contributed by atoms with van der Waals surface area (Å²) in [4.78, 5) is 14.8. The van der Waals surface area contributed by atoms with Gasteiger partial charge in [0.05, 0.1) is 17.2 Å². The van der Waals surface area contributed by atoms with Gasteiger partial charge in [-0.1, -0.05) is 6.07 Å². The van der Waals surface area contributed by atoms with Gasteiger partial charge in [0.25, 0.3) is 5.69 Å². The van der Waals surface area contributed by atoms with Crippen molar-refractivity contribution in [3.05, 3.63) is 57.8 Å². The van der Waals surface area contributed by atoms with E-state index in [0.717, 1.165) is 35.6 Å². The number of nitrogens with zero attached hydrogens (tertiary/aromatic N) is 2. The van der Waals surface area contributed by atoms with Crippen LogP contribution < -0.4 is 5.32 Å². The van der Waals surface area contributed by atoms with Crippen molar-refractivity contribution in [1.82, 2.24) is 10.3 Å². The lowest BCUT2D eigenvalue weighted by Gasteiger charge is -2.09. The second-order valence-corrected chi connectivity index (χ2v) is 4.91. The Morgan fingerprint density at radius 3 is 2.55 bits per heavy atom. The van der Waals surface area contributed by atoms with Crippen LogP contribution in [0.15, 0.2) is 36.4 Å². The summed E-state index contributed by atoms with van der Waals surface area (Å²) < 4.78 is 4.99. The molecule has 0 bridgehead atoms. The SMILES string of the molecule is COCCNCc1ccc(-c2ccc([N+](=O)[O-])cc2)nc1C. The van der Waals surface area contributed by atoms with Gasteiger partial charge in [-0.2, -0.15) is 0 Å². The number of pyridine rings is 1. The zero-order valence-electron chi connectivity index (χ0n) is 12.7. The third-order valence-electron chi connectivity index (χ3n) is 3.37. The molecule has 0 amide bonds. The molecule has 6 heteroatoms. The van der Waals surface area contributed by atoms with Crippen LogP contribution in [0.25, 0.3) is 11.3 Å². The number of hydrogen-bond donors (Lipinski definition) is 1. The molecule has 0 saturated carbocycles. The lowest BCUT2D eigenvalue weighted by atomic mass is 10.1. The van der Waals surface area contributed by atoms with Crippen molar-refractivity contribution < 1.29 is 9.66 Å². The van der Waals surface area contributed by atoms with E-state index in [9.17, 15) is 10.1 Å². The molecule has 0 unspecified atom stereocenters. The number of non-ortho nitro benzene ring substituents is 1. The molecule has 6 nitrogen and oxygen atoms in total. The highest BCUT2D eigenvalue weighted by molar-refractivity contribution is 5.61. The highest BCUT2D eigenvalue weighted by Gasteiger charge is 2.07. The van der Waals surface area contributed by atoms with Crippen LogP contribution in [-0.2, 0) is 11.3 Å². The fourth-order valence-corrected chi connectivity index (χ4v) is 2.09. The molecular formula is C16H19N3O3. The third-order valence-corrected chi connectivity index (χ3v) is 3.37. The lowest BCUT2D eigenvalue weighted by molar-refractivity contribution is -0.384. The summed E-state index contributed by atoms with van der Waals surface area (Å²) in [6, 6.07) is 10.4. The van der Waals surface area contributed by atoms with Gasteiger partial charge in [0.15, 0.2) is 0 Å². The average molecular weight is 301 g/mol. The molecule has 116 valence electrons. The Bertz CT molecular complexity index is 642. The Hall–Kier alpha value is -2.31. The van der Waals surface area contributed by atoms with Gasteiger partial charge in [0, 0.05) is 43.6 Å². The van der Waals surface area contributed by atoms with Crippen LogP contribution in [-0.4, -0.2) is 30.2 Å². The van der Waals surface area contributed by atoms with Crippen molar-refractivity contribution in [2.24, 2.45) is 0 Å². The van der Waals surface area contributed by atoms with Crippen molar-refractivity contribution in [2.75, 3.05) is 20.3 Å². The Morgan fingerprint density at radius 2 is 1.95 bits per heavy atom. The fraction of sp³-hybridized carbons (Fsp3) is 0.312. The van der Waals surface area contributed by atoms with E-state index in [1.54, 1.807) is 19.2 Å². The lowest BCUT2D eigenvalue weighted by Crippen LogP contribution is -2.19. The first-order valence-corrected chi connectivity index (χ1v) is 7.03. The molecule has 0 saturated heterocycles. The quantitative estimate of drug-likeness (QED) is 0.483. The zero-order chi connectivity index (χ0) is 15.9. The summed E-state index contributed by atoms with van der Waals surface area (Å²) >= 11 is 0. The van der Waals surface area contributed by atoms with Crippen LogP contribution in [0.1, 0.15) is 11.3 Å². The largest absolute Gasteiger partial charge is 0.383 e. The van der Waals surface area contributed by atoms with E-state index in [2.05, 4.69) is 10.3 Å². The van der Waals surface area contributed by atoms with E-state index in [4.69, 9.17) is 4.74 Å². The second-order valence-electron chi connectivity index (χ2n) is 4.91. The van der Waals surface area contributed by atoms with Gasteiger partial charge in [-0.15, -0.1) is 0 Å². The van der Waals surface area contributed by atoms with E-state index in [-0.39, 0.29) is 5.69 Å². The van der Waals surface area contributed by atoms with Crippen molar-refractivity contribution >= 4 is 5.69 Å². The number of aryl methyl sites for hydroxylation is 1. The smallest absolute Gasteiger partial charge is 0.269 e. The summed E-state index contributed by atoms with van der Waals surface area (Å²) in [5, 5.41) is 14.0. The molecule has 22 heavy (non-hydrogen) atoms. The molecule has 1 aromatic carbocycles. The maximum Gasteiger partial charge on any atom is 0.269 e. The van der Waals surface area contributed by atoms with Crippen LogP contribution >= 0.6 is 0 Å². The van der Waals surface area contributed by atoms with Crippen molar-refractivity contribution in [1.29, 1.82) is 0 Å². The summed E-state index contributed by atoms with van der Waals surface area (Å²) in [7, 11) is 1.67. The van der Waals surface area contributed by atoms with Crippen LogP contribution in [0, 0.1) is 17.0 Å². The molecule has 1 aromatic heterocycles. The third kappa shape index (κ3) is 4.09. The van der Waals surface area contributed by atoms with Gasteiger partial charge in [0.2, 0.25) is 0 Å². The number of nitro benzene ring substituents is 1. The second kappa shape index (κ2) is 7.63. The van der Waals surface area contributed by atoms with Crippen molar-refractivity contribution in [3.63, 3.8) is 0 Å². The monoisotopic (exact) mass is 301 g/mol. The molecule has 0 radical (unpaired) electrons. The van der Waals surface area contributed by atoms with Gasteiger partial charge in [-0.25, -0.2) is 0 Å². The first-order chi connectivity index (χ1) is 10.6. The zero-order valence-corrected chi connectivity index (χ0v) is 12.7. The predicted molar refractivity (Wildman–Crippen MR) is 84.6 cm³/mol. The molecule has 2 aromatic rings. The van der Waals surface area contributed by atoms with Gasteiger partial charge >= 0.3 is 0 Å². The first-order valence-electron chi connectivity index (χ1n) is 7.03. The Balaban J connectivity index is 2.09. The molecule has 0 aliphatic rings. The van der Waals surface area contributed by atoms with Crippen molar-refractivity contribution in [2.45, 2.75) is 13.5 Å². The standard InChI is InChI=1S/C16H19N3O3/c1-12-14(11-17-9-10-22-2)5-8-16(18-12)13-3-6-15(7-4-13)19(20)21/h3-8,17H,9-11H2,1-2H3. The van der Waals surface area contributed by atoms with E-state index >= 15 is 0 Å². The van der Waals surface area contributed by atoms with E-state index < -0.39 is 4.92 Å². The predicted octanol–water partition coefficient (Wildman–Crippen LogP) is 2.70. The number of nitro groups is 1. The molecule has 0 spiro atoms. The normalized spacial score (nSPS) is 10.6. The molecule has 0 fully saturated rings. The van der Waals surface area contributed by atoms with Crippen molar-refractivity contribution in [3.8, 4) is 11.3 Å². The first kappa shape index (κ1) is 16.1. The summed E-state index contributed by atoms with van der Waals surface area (Å²) in [6.45, 7) is 4.17. The minimum atomic E-state index is -0.406. The maximum absolute atomic E-state index is 10.7. The Labute approximate surface area is 129 Å². The highest BCUT2D eigenvalue weighted by atomic mass is 16.6. The summed E-state index contributed by atoms with van der Waals surface area (Å²) in [5.74, 6) is 0. The molecule has 2 rings (SSSR count). The van der Waals surface area contributed by atoms with Gasteiger partial charge < -0.3 is 10.1 Å². The van der Waals surface area contributed by atoms with Gasteiger partial charge in [0.1, 0.15) is 0 Å². The number of hydrogen-bond acceptors (Lipinski definition) is 5. The van der Waals surface area contributed by atoms with Crippen LogP contribution in [0.4, 0.5) is 5.69 Å². The van der Waals surface area contributed by atoms with Crippen LogP contribution in [0.2, 0.25) is 0 Å². The van der Waals surface area contributed by atoms with E-state index in [1.165, 1.54) is 12.1 Å². The van der Waals surface area contributed by atoms with E-state index in [1.807, 2.05) is 19.1 Å². The minimum absolute atomic E-state index is 0.0828. The number of aromatic nitrogens is 1. The van der Waals surface area contributed by atoms with Crippen LogP contribution in [0.5, 0.6) is 0 Å². The van der Waals surface area contributed by atoms with Gasteiger partial charge in [-0.3, -0.25) is 15.1 Å². The summed E-state index contributed by atoms with van der Waals surface area (Å²) in [5.41, 5.74) is 3.84.